The summed E-state index contributed by atoms with van der Waals surface area (Å²) in [5.74, 6) is -1.75. The molecule has 0 radical (unpaired) electrons. The molecule has 106 valence electrons. The Hall–Kier alpha value is -1.53. The van der Waals surface area contributed by atoms with Gasteiger partial charge in [-0.3, -0.25) is 4.79 Å². The molecule has 0 aromatic heterocycles. The summed E-state index contributed by atoms with van der Waals surface area (Å²) in [4.78, 5) is 13.3. The van der Waals surface area contributed by atoms with E-state index in [1.54, 1.807) is 6.92 Å². The van der Waals surface area contributed by atoms with Gasteiger partial charge in [-0.25, -0.2) is 8.78 Å². The van der Waals surface area contributed by atoms with Crippen molar-refractivity contribution < 1.29 is 18.3 Å². The zero-order chi connectivity index (χ0) is 14.4. The number of amides is 1. The second kappa shape index (κ2) is 7.16. The highest BCUT2D eigenvalue weighted by molar-refractivity contribution is 5.81. The minimum absolute atomic E-state index is 0.0646. The van der Waals surface area contributed by atoms with Gasteiger partial charge >= 0.3 is 0 Å². The smallest absolute Gasteiger partial charge is 0.242 e. The number of carbonyl (C=O) groups excluding carboxylic acids is 1. The molecule has 2 N–H and O–H groups in total. The van der Waals surface area contributed by atoms with Gasteiger partial charge in [0, 0.05) is 19.2 Å². The summed E-state index contributed by atoms with van der Waals surface area (Å²) < 4.78 is 31.8. The SMILES string of the molecule is CCN(Cc1c(F)cccc1F)C(=O)C(N)COC. The van der Waals surface area contributed by atoms with Crippen LogP contribution in [0.5, 0.6) is 0 Å². The Bertz CT molecular complexity index is 420. The summed E-state index contributed by atoms with van der Waals surface area (Å²) in [7, 11) is 1.43. The number of hydrogen-bond acceptors (Lipinski definition) is 3. The highest BCUT2D eigenvalue weighted by atomic mass is 19.1. The first kappa shape index (κ1) is 15.5. The van der Waals surface area contributed by atoms with Crippen LogP contribution >= 0.6 is 0 Å². The van der Waals surface area contributed by atoms with Gasteiger partial charge in [-0.2, -0.15) is 0 Å². The van der Waals surface area contributed by atoms with Crippen LogP contribution in [0, 0.1) is 11.6 Å². The predicted octanol–water partition coefficient (Wildman–Crippen LogP) is 1.29. The van der Waals surface area contributed by atoms with E-state index in [2.05, 4.69) is 0 Å². The van der Waals surface area contributed by atoms with Crippen molar-refractivity contribution in [1.82, 2.24) is 4.90 Å². The fraction of sp³-hybridized carbons (Fsp3) is 0.462. The number of carbonyl (C=O) groups is 1. The third kappa shape index (κ3) is 3.97. The number of nitrogens with two attached hydrogens (primary N) is 1. The monoisotopic (exact) mass is 272 g/mol. The van der Waals surface area contributed by atoms with Crippen molar-refractivity contribution in [3.05, 3.63) is 35.4 Å². The van der Waals surface area contributed by atoms with Crippen LogP contribution in [0.15, 0.2) is 18.2 Å². The number of hydrogen-bond donors (Lipinski definition) is 1. The molecule has 0 aliphatic heterocycles. The van der Waals surface area contributed by atoms with Crippen LogP contribution in [0.3, 0.4) is 0 Å². The van der Waals surface area contributed by atoms with Crippen LogP contribution < -0.4 is 5.73 Å². The van der Waals surface area contributed by atoms with E-state index in [9.17, 15) is 13.6 Å². The van der Waals surface area contributed by atoms with Crippen LogP contribution in [0.2, 0.25) is 0 Å². The molecule has 0 spiro atoms. The van der Waals surface area contributed by atoms with E-state index in [1.165, 1.54) is 18.1 Å². The van der Waals surface area contributed by atoms with Crippen LogP contribution in [-0.4, -0.2) is 37.1 Å². The van der Waals surface area contributed by atoms with Gasteiger partial charge in [0.05, 0.1) is 13.2 Å². The van der Waals surface area contributed by atoms with Crippen LogP contribution in [0.25, 0.3) is 0 Å². The second-order valence-corrected chi connectivity index (χ2v) is 4.11. The molecule has 6 heteroatoms. The molecule has 4 nitrogen and oxygen atoms in total. The molecule has 1 aromatic carbocycles. The van der Waals surface area contributed by atoms with Gasteiger partial charge in [0.1, 0.15) is 17.7 Å². The average molecular weight is 272 g/mol. The first-order valence-corrected chi connectivity index (χ1v) is 5.97. The molecule has 0 bridgehead atoms. The lowest BCUT2D eigenvalue weighted by molar-refractivity contribution is -0.134. The fourth-order valence-electron chi connectivity index (χ4n) is 1.71. The largest absolute Gasteiger partial charge is 0.383 e. The summed E-state index contributed by atoms with van der Waals surface area (Å²) >= 11 is 0. The quantitative estimate of drug-likeness (QED) is 0.849. The molecule has 0 saturated heterocycles. The summed E-state index contributed by atoms with van der Waals surface area (Å²) in [6.45, 7) is 1.94. The Morgan fingerprint density at radius 2 is 2.00 bits per heavy atom. The minimum Gasteiger partial charge on any atom is -0.383 e. The lowest BCUT2D eigenvalue weighted by Gasteiger charge is -2.24. The zero-order valence-electron chi connectivity index (χ0n) is 11.0. The van der Waals surface area contributed by atoms with Gasteiger partial charge in [-0.05, 0) is 19.1 Å². The second-order valence-electron chi connectivity index (χ2n) is 4.11. The average Bonchev–Trinajstić information content (AvgIpc) is 2.38. The number of rotatable bonds is 6. The topological polar surface area (TPSA) is 55.6 Å². The van der Waals surface area contributed by atoms with E-state index in [0.717, 1.165) is 12.1 Å². The Morgan fingerprint density at radius 1 is 1.42 bits per heavy atom. The maximum atomic E-state index is 13.5. The first-order chi connectivity index (χ1) is 9.01. The standard InChI is InChI=1S/C13H18F2N2O2/c1-3-17(13(18)12(16)8-19-2)7-9-10(14)5-4-6-11(9)15/h4-6,12H,3,7-8,16H2,1-2H3. The molecule has 0 fully saturated rings. The third-order valence-corrected chi connectivity index (χ3v) is 2.77. The van der Waals surface area contributed by atoms with E-state index in [1.807, 2.05) is 0 Å². The van der Waals surface area contributed by atoms with Crippen molar-refractivity contribution in [3.63, 3.8) is 0 Å². The number of likely N-dealkylation sites (N-methyl/N-ethyl adjacent to an activating group) is 1. The summed E-state index contributed by atoms with van der Waals surface area (Å²) in [6, 6.07) is 2.76. The van der Waals surface area contributed by atoms with Crippen LogP contribution in [0.1, 0.15) is 12.5 Å². The van der Waals surface area contributed by atoms with Gasteiger partial charge in [-0.1, -0.05) is 6.07 Å². The lowest BCUT2D eigenvalue weighted by Crippen LogP contribution is -2.45. The predicted molar refractivity (Wildman–Crippen MR) is 67.3 cm³/mol. The van der Waals surface area contributed by atoms with Crippen molar-refractivity contribution in [2.45, 2.75) is 19.5 Å². The molecule has 19 heavy (non-hydrogen) atoms. The third-order valence-electron chi connectivity index (χ3n) is 2.77. The number of ether oxygens (including phenoxy) is 1. The number of halogens is 2. The minimum atomic E-state index is -0.834. The van der Waals surface area contributed by atoms with Crippen molar-refractivity contribution in [2.75, 3.05) is 20.3 Å². The highest BCUT2D eigenvalue weighted by Gasteiger charge is 2.22. The Kier molecular flexibility index (Phi) is 5.85. The first-order valence-electron chi connectivity index (χ1n) is 5.97. The van der Waals surface area contributed by atoms with Crippen LogP contribution in [-0.2, 0) is 16.1 Å². The molecule has 1 amide bonds. The fourth-order valence-corrected chi connectivity index (χ4v) is 1.71. The molecule has 1 rings (SSSR count). The maximum absolute atomic E-state index is 13.5. The van der Waals surface area contributed by atoms with Crippen molar-refractivity contribution in [2.24, 2.45) is 5.73 Å². The molecule has 1 unspecified atom stereocenters. The van der Waals surface area contributed by atoms with E-state index in [-0.39, 0.29) is 18.7 Å². The molecule has 0 aliphatic carbocycles. The zero-order valence-corrected chi connectivity index (χ0v) is 11.0. The number of benzene rings is 1. The number of methoxy groups -OCH3 is 1. The van der Waals surface area contributed by atoms with Crippen molar-refractivity contribution in [1.29, 1.82) is 0 Å². The molecular formula is C13H18F2N2O2. The maximum Gasteiger partial charge on any atom is 0.242 e. The Morgan fingerprint density at radius 3 is 2.47 bits per heavy atom. The molecule has 0 saturated carbocycles. The van der Waals surface area contributed by atoms with E-state index in [0.29, 0.717) is 6.54 Å². The van der Waals surface area contributed by atoms with Gasteiger partial charge in [0.2, 0.25) is 5.91 Å². The van der Waals surface area contributed by atoms with Gasteiger partial charge in [0.25, 0.3) is 0 Å². The van der Waals surface area contributed by atoms with E-state index in [4.69, 9.17) is 10.5 Å². The van der Waals surface area contributed by atoms with Gasteiger partial charge in [-0.15, -0.1) is 0 Å². The molecule has 1 aromatic rings. The van der Waals surface area contributed by atoms with Gasteiger partial charge < -0.3 is 15.4 Å². The summed E-state index contributed by atoms with van der Waals surface area (Å²) in [5.41, 5.74) is 5.49. The van der Waals surface area contributed by atoms with Crippen LogP contribution in [0.4, 0.5) is 8.78 Å². The number of nitrogens with zero attached hydrogens (tertiary/aromatic N) is 1. The van der Waals surface area contributed by atoms with E-state index < -0.39 is 23.6 Å². The van der Waals surface area contributed by atoms with Gasteiger partial charge in [0.15, 0.2) is 0 Å². The van der Waals surface area contributed by atoms with E-state index >= 15 is 0 Å². The molecule has 0 heterocycles. The Balaban J connectivity index is 2.85. The summed E-state index contributed by atoms with van der Waals surface area (Å²) in [6.07, 6.45) is 0. The molecule has 1 atom stereocenters. The highest BCUT2D eigenvalue weighted by Crippen LogP contribution is 2.15. The molecular weight excluding hydrogens is 254 g/mol. The lowest BCUT2D eigenvalue weighted by atomic mass is 10.1. The normalized spacial score (nSPS) is 12.3. The van der Waals surface area contributed by atoms with Crippen molar-refractivity contribution >= 4 is 5.91 Å². The van der Waals surface area contributed by atoms with Crippen molar-refractivity contribution in [3.8, 4) is 0 Å². The molecule has 0 aliphatic rings. The Labute approximate surface area is 111 Å². The summed E-state index contributed by atoms with van der Waals surface area (Å²) in [5, 5.41) is 0.